The zero-order valence-electron chi connectivity index (χ0n) is 13.2. The molecule has 2 N–H and O–H groups in total. The molecule has 3 heteroatoms. The fraction of sp³-hybridized carbons (Fsp3) is 0.350. The van der Waals surface area contributed by atoms with E-state index in [1.54, 1.807) is 0 Å². The Bertz CT molecular complexity index is 695. The molecule has 23 heavy (non-hydrogen) atoms. The van der Waals surface area contributed by atoms with Gasteiger partial charge in [0.25, 0.3) is 0 Å². The summed E-state index contributed by atoms with van der Waals surface area (Å²) in [5.41, 5.74) is 8.36. The second-order valence-electron chi connectivity index (χ2n) is 6.88. The van der Waals surface area contributed by atoms with Crippen molar-refractivity contribution >= 4 is 23.0 Å². The number of carbonyl (C=O) groups excluding carboxylic acids is 1. The highest BCUT2D eigenvalue weighted by Gasteiger charge is 2.44. The van der Waals surface area contributed by atoms with E-state index in [2.05, 4.69) is 0 Å². The van der Waals surface area contributed by atoms with Crippen LogP contribution in [0.2, 0.25) is 0 Å². The maximum Gasteiger partial charge on any atom is 0.234 e. The highest BCUT2D eigenvalue weighted by Crippen LogP contribution is 2.49. The average Bonchev–Trinajstić information content (AvgIpc) is 3.21. The van der Waals surface area contributed by atoms with Gasteiger partial charge in [0, 0.05) is 23.0 Å². The first-order valence-corrected chi connectivity index (χ1v) is 8.47. The normalized spacial score (nSPS) is 25.5. The van der Waals surface area contributed by atoms with E-state index in [4.69, 9.17) is 5.73 Å². The Morgan fingerprint density at radius 1 is 0.913 bits per heavy atom. The molecule has 2 aromatic carbocycles. The first-order chi connectivity index (χ1) is 11.2. The van der Waals surface area contributed by atoms with Gasteiger partial charge in [-0.3, -0.25) is 9.69 Å². The van der Waals surface area contributed by atoms with Crippen LogP contribution in [0.4, 0.5) is 17.1 Å². The molecule has 2 saturated carbocycles. The highest BCUT2D eigenvalue weighted by molar-refractivity contribution is 6.02. The fourth-order valence-corrected chi connectivity index (χ4v) is 4.32. The molecule has 2 aliphatic carbocycles. The van der Waals surface area contributed by atoms with Crippen molar-refractivity contribution < 1.29 is 4.79 Å². The molecule has 118 valence electrons. The number of rotatable bonds is 3. The van der Waals surface area contributed by atoms with Crippen LogP contribution in [0.15, 0.2) is 54.6 Å². The molecular formula is C20H22N2O. The third-order valence-electron chi connectivity index (χ3n) is 5.44. The number of nitrogens with zero attached hydrogens (tertiary/aromatic N) is 1. The van der Waals surface area contributed by atoms with Gasteiger partial charge in [-0.25, -0.2) is 0 Å². The van der Waals surface area contributed by atoms with Crippen LogP contribution in [0.5, 0.6) is 0 Å². The number of benzene rings is 2. The van der Waals surface area contributed by atoms with Gasteiger partial charge in [0.15, 0.2) is 0 Å². The number of carbonyl (C=O) groups is 1. The fourth-order valence-electron chi connectivity index (χ4n) is 4.32. The summed E-state index contributed by atoms with van der Waals surface area (Å²) in [4.78, 5) is 15.2. The number of nitrogen functional groups attached to an aromatic ring is 1. The van der Waals surface area contributed by atoms with E-state index in [0.29, 0.717) is 11.6 Å². The molecule has 3 nitrogen and oxygen atoms in total. The van der Waals surface area contributed by atoms with E-state index in [-0.39, 0.29) is 11.8 Å². The zero-order valence-corrected chi connectivity index (χ0v) is 13.2. The minimum atomic E-state index is 0.173. The molecule has 0 aromatic heterocycles. The summed E-state index contributed by atoms with van der Waals surface area (Å²) in [5.74, 6) is 1.75. The van der Waals surface area contributed by atoms with E-state index >= 15 is 0 Å². The van der Waals surface area contributed by atoms with Crippen LogP contribution in [0.1, 0.15) is 25.7 Å². The number of para-hydroxylation sites is 1. The van der Waals surface area contributed by atoms with Crippen LogP contribution in [0.25, 0.3) is 0 Å². The van der Waals surface area contributed by atoms with Gasteiger partial charge in [-0.2, -0.15) is 0 Å². The van der Waals surface area contributed by atoms with Crippen LogP contribution < -0.4 is 10.6 Å². The Labute approximate surface area is 137 Å². The molecule has 4 rings (SSSR count). The van der Waals surface area contributed by atoms with Gasteiger partial charge < -0.3 is 5.73 Å². The van der Waals surface area contributed by atoms with E-state index in [9.17, 15) is 4.79 Å². The van der Waals surface area contributed by atoms with Gasteiger partial charge in [-0.15, -0.1) is 0 Å². The lowest BCUT2D eigenvalue weighted by molar-refractivity contribution is -0.123. The highest BCUT2D eigenvalue weighted by atomic mass is 16.2. The van der Waals surface area contributed by atoms with E-state index in [0.717, 1.165) is 23.7 Å². The number of fused-ring (bicyclic) bond motifs is 2. The van der Waals surface area contributed by atoms with Crippen molar-refractivity contribution in [2.45, 2.75) is 25.7 Å². The van der Waals surface area contributed by atoms with Gasteiger partial charge in [0.05, 0.1) is 0 Å². The Morgan fingerprint density at radius 2 is 1.61 bits per heavy atom. The molecule has 2 aliphatic rings. The predicted octanol–water partition coefficient (Wildman–Crippen LogP) is 4.37. The Kier molecular flexibility index (Phi) is 3.56. The van der Waals surface area contributed by atoms with Gasteiger partial charge in [0.1, 0.15) is 0 Å². The van der Waals surface area contributed by atoms with E-state index in [1.165, 1.54) is 19.3 Å². The molecule has 0 radical (unpaired) electrons. The summed E-state index contributed by atoms with van der Waals surface area (Å²) in [7, 11) is 0. The molecular weight excluding hydrogens is 284 g/mol. The Hall–Kier alpha value is -2.29. The summed E-state index contributed by atoms with van der Waals surface area (Å²) in [6.07, 6.45) is 4.82. The predicted molar refractivity (Wildman–Crippen MR) is 93.4 cm³/mol. The van der Waals surface area contributed by atoms with Crippen molar-refractivity contribution in [3.05, 3.63) is 54.6 Å². The third kappa shape index (κ3) is 2.61. The number of anilines is 3. The van der Waals surface area contributed by atoms with Crippen LogP contribution >= 0.6 is 0 Å². The zero-order chi connectivity index (χ0) is 15.8. The van der Waals surface area contributed by atoms with E-state index < -0.39 is 0 Å². The molecule has 3 atom stereocenters. The quantitative estimate of drug-likeness (QED) is 0.856. The van der Waals surface area contributed by atoms with Crippen LogP contribution in [-0.4, -0.2) is 5.91 Å². The lowest BCUT2D eigenvalue weighted by Crippen LogP contribution is -2.35. The van der Waals surface area contributed by atoms with Crippen molar-refractivity contribution in [2.75, 3.05) is 10.6 Å². The van der Waals surface area contributed by atoms with Crippen molar-refractivity contribution in [2.24, 2.45) is 17.8 Å². The summed E-state index contributed by atoms with van der Waals surface area (Å²) in [5, 5.41) is 0. The smallest absolute Gasteiger partial charge is 0.234 e. The molecule has 0 heterocycles. The molecule has 0 saturated heterocycles. The second kappa shape index (κ2) is 5.73. The molecule has 2 aromatic rings. The largest absolute Gasteiger partial charge is 0.399 e. The van der Waals surface area contributed by atoms with Gasteiger partial charge in [-0.1, -0.05) is 24.6 Å². The van der Waals surface area contributed by atoms with Gasteiger partial charge in [0.2, 0.25) is 5.91 Å². The minimum absolute atomic E-state index is 0.173. The standard InChI is InChI=1S/C20H22N2O/c21-16-8-10-18(11-9-16)22(17-4-2-1-3-5-17)20(23)19-13-14-6-7-15(19)12-14/h1-5,8-11,14-15,19H,6-7,12-13,21H2. The van der Waals surface area contributed by atoms with Crippen LogP contribution in [-0.2, 0) is 4.79 Å². The summed E-state index contributed by atoms with van der Waals surface area (Å²) in [6.45, 7) is 0. The first-order valence-electron chi connectivity index (χ1n) is 8.47. The Morgan fingerprint density at radius 3 is 2.22 bits per heavy atom. The average molecular weight is 306 g/mol. The van der Waals surface area contributed by atoms with E-state index in [1.807, 2.05) is 59.5 Å². The number of amides is 1. The van der Waals surface area contributed by atoms with Crippen molar-refractivity contribution in [3.8, 4) is 0 Å². The molecule has 0 spiro atoms. The maximum absolute atomic E-state index is 13.3. The van der Waals surface area contributed by atoms with Crippen molar-refractivity contribution in [3.63, 3.8) is 0 Å². The SMILES string of the molecule is Nc1ccc(N(C(=O)C2CC3CCC2C3)c2ccccc2)cc1. The number of nitrogens with two attached hydrogens (primary N) is 1. The molecule has 2 bridgehead atoms. The molecule has 0 aliphatic heterocycles. The third-order valence-corrected chi connectivity index (χ3v) is 5.44. The molecule has 2 fully saturated rings. The Balaban J connectivity index is 1.70. The number of hydrogen-bond donors (Lipinski definition) is 1. The summed E-state index contributed by atoms with van der Waals surface area (Å²) in [6, 6.07) is 17.5. The molecule has 3 unspecified atom stereocenters. The first kappa shape index (κ1) is 14.3. The monoisotopic (exact) mass is 306 g/mol. The van der Waals surface area contributed by atoms with Crippen LogP contribution in [0.3, 0.4) is 0 Å². The number of hydrogen-bond acceptors (Lipinski definition) is 2. The van der Waals surface area contributed by atoms with Gasteiger partial charge in [-0.05, 0) is 67.5 Å². The molecule has 1 amide bonds. The van der Waals surface area contributed by atoms with Crippen LogP contribution in [0, 0.1) is 17.8 Å². The lowest BCUT2D eigenvalue weighted by atomic mass is 9.87. The summed E-state index contributed by atoms with van der Waals surface area (Å²) >= 11 is 0. The second-order valence-corrected chi connectivity index (χ2v) is 6.88. The minimum Gasteiger partial charge on any atom is -0.399 e. The summed E-state index contributed by atoms with van der Waals surface area (Å²) < 4.78 is 0. The lowest BCUT2D eigenvalue weighted by Gasteiger charge is -2.29. The topological polar surface area (TPSA) is 46.3 Å². The van der Waals surface area contributed by atoms with Crippen molar-refractivity contribution in [1.29, 1.82) is 0 Å². The van der Waals surface area contributed by atoms with Crippen molar-refractivity contribution in [1.82, 2.24) is 0 Å². The maximum atomic E-state index is 13.3. The van der Waals surface area contributed by atoms with Gasteiger partial charge >= 0.3 is 0 Å².